The Morgan fingerprint density at radius 1 is 1.13 bits per heavy atom. The molecule has 4 aromatic rings. The molecule has 0 unspecified atom stereocenters. The van der Waals surface area contributed by atoms with Crippen molar-refractivity contribution in [1.82, 2.24) is 4.98 Å². The van der Waals surface area contributed by atoms with E-state index >= 15 is 0 Å². The van der Waals surface area contributed by atoms with Gasteiger partial charge in [-0.2, -0.15) is 0 Å². The van der Waals surface area contributed by atoms with Crippen LogP contribution in [0.1, 0.15) is 52.6 Å². The Morgan fingerprint density at radius 3 is 2.80 bits per heavy atom. The van der Waals surface area contributed by atoms with Gasteiger partial charge in [-0.1, -0.05) is 25.1 Å². The van der Waals surface area contributed by atoms with Crippen molar-refractivity contribution in [3.8, 4) is 11.3 Å². The number of thiazole rings is 1. The number of nitrogens with one attached hydrogen (secondary N) is 1. The van der Waals surface area contributed by atoms with E-state index in [-0.39, 0.29) is 5.91 Å². The third-order valence-electron chi connectivity index (χ3n) is 5.98. The quantitative estimate of drug-likeness (QED) is 0.410. The Balaban J connectivity index is 1.38. The fraction of sp³-hybridized carbons (Fsp3) is 0.280. The summed E-state index contributed by atoms with van der Waals surface area (Å²) in [6.45, 7) is 4.05. The van der Waals surface area contributed by atoms with Crippen molar-refractivity contribution in [2.45, 2.75) is 46.0 Å². The highest BCUT2D eigenvalue weighted by atomic mass is 32.1. The number of amides is 1. The number of benzene rings is 2. The number of fused-ring (bicyclic) bond motifs is 2. The standard InChI is InChI=1S/C25H24N2O2S/c1-3-16-8-11-22-20(12-16)15(2)23(29-22)24(28)27-25-26-21(14-30-25)19-10-9-17-6-4-5-7-18(17)13-19/h8-14H,3-7H2,1-2H3,(H,26,27,28). The first-order valence-electron chi connectivity index (χ1n) is 10.5. The lowest BCUT2D eigenvalue weighted by Crippen LogP contribution is -2.11. The van der Waals surface area contributed by atoms with Crippen LogP contribution in [0, 0.1) is 6.92 Å². The fourth-order valence-electron chi connectivity index (χ4n) is 4.21. The highest BCUT2D eigenvalue weighted by Crippen LogP contribution is 2.31. The summed E-state index contributed by atoms with van der Waals surface area (Å²) in [4.78, 5) is 17.5. The van der Waals surface area contributed by atoms with Crippen LogP contribution in [0.4, 0.5) is 5.13 Å². The summed E-state index contributed by atoms with van der Waals surface area (Å²) in [6, 6.07) is 12.7. The summed E-state index contributed by atoms with van der Waals surface area (Å²) in [5.41, 5.74) is 7.74. The lowest BCUT2D eigenvalue weighted by atomic mass is 9.90. The number of hydrogen-bond acceptors (Lipinski definition) is 4. The molecule has 5 rings (SSSR count). The summed E-state index contributed by atoms with van der Waals surface area (Å²) in [5, 5.41) is 6.49. The van der Waals surface area contributed by atoms with Gasteiger partial charge in [0.25, 0.3) is 5.91 Å². The molecule has 0 saturated heterocycles. The van der Waals surface area contributed by atoms with Crippen molar-refractivity contribution in [3.63, 3.8) is 0 Å². The van der Waals surface area contributed by atoms with Gasteiger partial charge in [-0.05, 0) is 73.9 Å². The van der Waals surface area contributed by atoms with Crippen LogP contribution in [-0.2, 0) is 19.3 Å². The van der Waals surface area contributed by atoms with Crippen molar-refractivity contribution in [1.29, 1.82) is 0 Å². The molecule has 1 aliphatic rings. The van der Waals surface area contributed by atoms with E-state index < -0.39 is 0 Å². The lowest BCUT2D eigenvalue weighted by molar-refractivity contribution is 0.0998. The molecule has 0 spiro atoms. The van der Waals surface area contributed by atoms with E-state index in [1.165, 1.54) is 47.3 Å². The Hall–Kier alpha value is -2.92. The Bertz CT molecular complexity index is 1250. The Morgan fingerprint density at radius 2 is 1.97 bits per heavy atom. The van der Waals surface area contributed by atoms with Crippen molar-refractivity contribution < 1.29 is 9.21 Å². The number of rotatable bonds is 4. The van der Waals surface area contributed by atoms with E-state index in [0.29, 0.717) is 10.9 Å². The smallest absolute Gasteiger partial charge is 0.293 e. The van der Waals surface area contributed by atoms with Gasteiger partial charge in [0.05, 0.1) is 5.69 Å². The minimum atomic E-state index is -0.256. The minimum Gasteiger partial charge on any atom is -0.451 e. The maximum Gasteiger partial charge on any atom is 0.293 e. The SMILES string of the molecule is CCc1ccc2oc(C(=O)Nc3nc(-c4ccc5c(c4)CCCC5)cs3)c(C)c2c1. The third-order valence-corrected chi connectivity index (χ3v) is 6.74. The summed E-state index contributed by atoms with van der Waals surface area (Å²) in [6.07, 6.45) is 5.80. The fourth-order valence-corrected chi connectivity index (χ4v) is 4.93. The Kier molecular flexibility index (Phi) is 4.91. The first kappa shape index (κ1) is 19.1. The monoisotopic (exact) mass is 416 g/mol. The predicted molar refractivity (Wildman–Crippen MR) is 122 cm³/mol. The number of aromatic nitrogens is 1. The number of nitrogens with zero attached hydrogens (tertiary/aromatic N) is 1. The zero-order valence-electron chi connectivity index (χ0n) is 17.2. The van der Waals surface area contributed by atoms with Crippen LogP contribution in [-0.4, -0.2) is 10.9 Å². The molecule has 0 radical (unpaired) electrons. The van der Waals surface area contributed by atoms with Gasteiger partial charge in [0, 0.05) is 21.9 Å². The zero-order chi connectivity index (χ0) is 20.7. The average Bonchev–Trinajstić information content (AvgIpc) is 3.37. The van der Waals surface area contributed by atoms with E-state index in [2.05, 4.69) is 41.5 Å². The molecule has 30 heavy (non-hydrogen) atoms. The van der Waals surface area contributed by atoms with Gasteiger partial charge < -0.3 is 4.42 Å². The molecular weight excluding hydrogens is 392 g/mol. The first-order valence-corrected chi connectivity index (χ1v) is 11.4. The van der Waals surface area contributed by atoms with Gasteiger partial charge >= 0.3 is 0 Å². The van der Waals surface area contributed by atoms with Gasteiger partial charge in [0.1, 0.15) is 5.58 Å². The van der Waals surface area contributed by atoms with Crippen LogP contribution in [0.2, 0.25) is 0 Å². The molecule has 1 N–H and O–H groups in total. The maximum atomic E-state index is 12.9. The molecular formula is C25H24N2O2S. The maximum absolute atomic E-state index is 12.9. The molecule has 5 heteroatoms. The molecule has 2 aromatic carbocycles. The van der Waals surface area contributed by atoms with Gasteiger partial charge in [0.2, 0.25) is 0 Å². The third kappa shape index (κ3) is 3.43. The van der Waals surface area contributed by atoms with Gasteiger partial charge in [-0.3, -0.25) is 10.1 Å². The topological polar surface area (TPSA) is 55.1 Å². The van der Waals surface area contributed by atoms with E-state index in [1.807, 2.05) is 24.4 Å². The molecule has 0 bridgehead atoms. The zero-order valence-corrected chi connectivity index (χ0v) is 18.1. The lowest BCUT2D eigenvalue weighted by Gasteiger charge is -2.16. The van der Waals surface area contributed by atoms with Gasteiger partial charge in [-0.25, -0.2) is 4.98 Å². The van der Waals surface area contributed by atoms with Crippen molar-refractivity contribution in [3.05, 3.63) is 69.8 Å². The normalized spacial score (nSPS) is 13.4. The van der Waals surface area contributed by atoms with Crippen LogP contribution in [0.3, 0.4) is 0 Å². The first-order chi connectivity index (χ1) is 14.6. The van der Waals surface area contributed by atoms with Crippen LogP contribution < -0.4 is 5.32 Å². The van der Waals surface area contributed by atoms with E-state index in [1.54, 1.807) is 0 Å². The number of furan rings is 1. The molecule has 4 nitrogen and oxygen atoms in total. The summed E-state index contributed by atoms with van der Waals surface area (Å²) >= 11 is 1.44. The molecule has 0 aliphatic heterocycles. The number of anilines is 1. The number of hydrogen-bond donors (Lipinski definition) is 1. The molecule has 0 fully saturated rings. The highest BCUT2D eigenvalue weighted by molar-refractivity contribution is 7.14. The largest absolute Gasteiger partial charge is 0.451 e. The Labute approximate surface area is 180 Å². The summed E-state index contributed by atoms with van der Waals surface area (Å²) < 4.78 is 5.85. The van der Waals surface area contributed by atoms with E-state index in [4.69, 9.17) is 4.42 Å². The van der Waals surface area contributed by atoms with Crippen LogP contribution in [0.15, 0.2) is 46.2 Å². The predicted octanol–water partition coefficient (Wildman–Crippen LogP) is 6.56. The van der Waals surface area contributed by atoms with Crippen molar-refractivity contribution in [2.75, 3.05) is 5.32 Å². The average molecular weight is 417 g/mol. The number of aryl methyl sites for hydroxylation is 4. The highest BCUT2D eigenvalue weighted by Gasteiger charge is 2.19. The molecule has 2 aromatic heterocycles. The van der Waals surface area contributed by atoms with Crippen LogP contribution in [0.5, 0.6) is 0 Å². The number of carbonyl (C=O) groups is 1. The second kappa shape index (κ2) is 7.73. The van der Waals surface area contributed by atoms with E-state index in [0.717, 1.165) is 40.6 Å². The summed E-state index contributed by atoms with van der Waals surface area (Å²) in [5.74, 6) is 0.0943. The second-order valence-corrected chi connectivity index (χ2v) is 8.78. The molecule has 2 heterocycles. The molecule has 1 amide bonds. The second-order valence-electron chi connectivity index (χ2n) is 7.92. The van der Waals surface area contributed by atoms with Gasteiger partial charge in [0.15, 0.2) is 10.9 Å². The minimum absolute atomic E-state index is 0.256. The molecule has 1 aliphatic carbocycles. The summed E-state index contributed by atoms with van der Waals surface area (Å²) in [7, 11) is 0. The van der Waals surface area contributed by atoms with Crippen LogP contribution >= 0.6 is 11.3 Å². The molecule has 0 saturated carbocycles. The van der Waals surface area contributed by atoms with Gasteiger partial charge in [-0.15, -0.1) is 11.3 Å². The molecule has 152 valence electrons. The van der Waals surface area contributed by atoms with Crippen LogP contribution in [0.25, 0.3) is 22.2 Å². The number of carbonyl (C=O) groups excluding carboxylic acids is 1. The molecule has 0 atom stereocenters. The van der Waals surface area contributed by atoms with Crippen molar-refractivity contribution >= 4 is 33.3 Å². The van der Waals surface area contributed by atoms with E-state index in [9.17, 15) is 4.79 Å². The van der Waals surface area contributed by atoms with Crippen molar-refractivity contribution in [2.24, 2.45) is 0 Å².